The van der Waals surface area contributed by atoms with Gasteiger partial charge in [0.25, 0.3) is 0 Å². The summed E-state index contributed by atoms with van der Waals surface area (Å²) in [5.74, 6) is 0. The van der Waals surface area contributed by atoms with Gasteiger partial charge in [0, 0.05) is 6.61 Å². The van der Waals surface area contributed by atoms with Gasteiger partial charge in [-0.05, 0) is 19.3 Å². The van der Waals surface area contributed by atoms with Gasteiger partial charge in [0.1, 0.15) is 5.60 Å². The molecule has 0 aromatic heterocycles. The van der Waals surface area contributed by atoms with E-state index >= 15 is 0 Å². The van der Waals surface area contributed by atoms with Crippen LogP contribution in [0.2, 0.25) is 0 Å². The van der Waals surface area contributed by atoms with Gasteiger partial charge in [0.15, 0.2) is 0 Å². The molecule has 0 rings (SSSR count). The maximum atomic E-state index is 11.4. The summed E-state index contributed by atoms with van der Waals surface area (Å²) >= 11 is 3.92. The molecule has 0 fully saturated rings. The Morgan fingerprint density at radius 3 is 2.13 bits per heavy atom. The molecule has 0 saturated carbocycles. The largest absolute Gasteiger partial charge is 0.366 e. The summed E-state index contributed by atoms with van der Waals surface area (Å²) in [5.41, 5.74) is -0.644. The molecule has 2 nitrogen and oxygen atoms in total. The average molecular weight is 232 g/mol. The predicted octanol–water partition coefficient (Wildman–Crippen LogP) is 3.60. The lowest BCUT2D eigenvalue weighted by molar-refractivity contribution is -0.136. The van der Waals surface area contributed by atoms with Crippen LogP contribution in [-0.2, 0) is 9.53 Å². The Hall–Kier alpha value is -0.0200. The number of unbranched alkanes of at least 4 members (excludes halogenated alkanes) is 3. The van der Waals surface area contributed by atoms with Crippen molar-refractivity contribution < 1.29 is 9.53 Å². The Bertz CT molecular complexity index is 176. The maximum absolute atomic E-state index is 11.4. The van der Waals surface area contributed by atoms with E-state index in [1.807, 2.05) is 13.8 Å². The average Bonchev–Trinajstić information content (AvgIpc) is 2.23. The fourth-order valence-electron chi connectivity index (χ4n) is 1.61. The molecule has 0 atom stereocenters. The van der Waals surface area contributed by atoms with Crippen LogP contribution < -0.4 is 0 Å². The van der Waals surface area contributed by atoms with Gasteiger partial charge in [-0.3, -0.25) is 4.79 Å². The topological polar surface area (TPSA) is 26.3 Å². The summed E-state index contributed by atoms with van der Waals surface area (Å²) in [7, 11) is 0. The van der Waals surface area contributed by atoms with E-state index < -0.39 is 5.60 Å². The molecule has 0 saturated heterocycles. The number of thiol groups is 1. The monoisotopic (exact) mass is 232 g/mol. The summed E-state index contributed by atoms with van der Waals surface area (Å²) in [5, 5.41) is -0.136. The van der Waals surface area contributed by atoms with Crippen molar-refractivity contribution in [2.75, 3.05) is 6.61 Å². The van der Waals surface area contributed by atoms with Crippen molar-refractivity contribution in [3.05, 3.63) is 0 Å². The minimum Gasteiger partial charge on any atom is -0.366 e. The molecule has 15 heavy (non-hydrogen) atoms. The zero-order valence-electron chi connectivity index (χ0n) is 10.2. The van der Waals surface area contributed by atoms with Crippen LogP contribution in [0.15, 0.2) is 0 Å². The molecule has 0 heterocycles. The van der Waals surface area contributed by atoms with Crippen molar-refractivity contribution in [3.8, 4) is 0 Å². The van der Waals surface area contributed by atoms with Crippen LogP contribution >= 0.6 is 12.6 Å². The first-order chi connectivity index (χ1) is 7.13. The lowest BCUT2D eigenvalue weighted by atomic mass is 9.99. The molecular weight excluding hydrogens is 208 g/mol. The van der Waals surface area contributed by atoms with Crippen molar-refractivity contribution in [2.45, 2.75) is 64.9 Å². The fourth-order valence-corrected chi connectivity index (χ4v) is 2.00. The Labute approximate surface area is 99.2 Å². The normalized spacial score (nSPS) is 11.7. The predicted molar refractivity (Wildman–Crippen MR) is 67.4 cm³/mol. The van der Waals surface area contributed by atoms with Crippen LogP contribution in [0.25, 0.3) is 0 Å². The molecule has 0 aliphatic heterocycles. The van der Waals surface area contributed by atoms with Crippen molar-refractivity contribution >= 4 is 17.7 Å². The van der Waals surface area contributed by atoms with E-state index in [1.54, 1.807) is 0 Å². The molecule has 0 bridgehead atoms. The van der Waals surface area contributed by atoms with Crippen molar-refractivity contribution in [3.63, 3.8) is 0 Å². The van der Waals surface area contributed by atoms with Gasteiger partial charge >= 0.3 is 0 Å². The maximum Gasteiger partial charge on any atom is 0.217 e. The molecule has 0 aliphatic carbocycles. The summed E-state index contributed by atoms with van der Waals surface area (Å²) in [4.78, 5) is 11.4. The second kappa shape index (κ2) is 8.17. The number of ether oxygens (including phenoxy) is 1. The van der Waals surface area contributed by atoms with Gasteiger partial charge in [0.05, 0.1) is 0 Å². The number of rotatable bonds is 9. The SMILES string of the molecule is CCCCCCOC(CC)(CC)C(=O)S. The fraction of sp³-hybridized carbons (Fsp3) is 0.917. The third-order valence-corrected chi connectivity index (χ3v) is 3.32. The first kappa shape index (κ1) is 15.0. The van der Waals surface area contributed by atoms with E-state index in [1.165, 1.54) is 19.3 Å². The molecule has 0 aromatic rings. The van der Waals surface area contributed by atoms with E-state index in [4.69, 9.17) is 4.74 Å². The Morgan fingerprint density at radius 2 is 1.73 bits per heavy atom. The van der Waals surface area contributed by atoms with Crippen molar-refractivity contribution in [1.82, 2.24) is 0 Å². The van der Waals surface area contributed by atoms with Gasteiger partial charge in [-0.15, -0.1) is 12.6 Å². The zero-order chi connectivity index (χ0) is 11.7. The van der Waals surface area contributed by atoms with Crippen LogP contribution in [0, 0.1) is 0 Å². The van der Waals surface area contributed by atoms with Gasteiger partial charge in [0.2, 0.25) is 5.12 Å². The molecule has 0 aromatic carbocycles. The van der Waals surface area contributed by atoms with Crippen LogP contribution in [0.4, 0.5) is 0 Å². The standard InChI is InChI=1S/C12H24O2S/c1-4-7-8-9-10-14-12(5-2,6-3)11(13)15/h4-10H2,1-3H3,(H,13,15). The number of hydrogen-bond donors (Lipinski definition) is 1. The van der Waals surface area contributed by atoms with Crippen LogP contribution in [0.3, 0.4) is 0 Å². The zero-order valence-corrected chi connectivity index (χ0v) is 11.1. The minimum absolute atomic E-state index is 0.136. The van der Waals surface area contributed by atoms with Gasteiger partial charge in [-0.2, -0.15) is 0 Å². The molecule has 0 amide bonds. The molecule has 0 N–H and O–H groups in total. The molecule has 0 unspecified atom stereocenters. The second-order valence-electron chi connectivity index (χ2n) is 3.92. The summed E-state index contributed by atoms with van der Waals surface area (Å²) in [6.45, 7) is 6.81. The van der Waals surface area contributed by atoms with Gasteiger partial charge < -0.3 is 4.74 Å². The van der Waals surface area contributed by atoms with E-state index in [-0.39, 0.29) is 5.12 Å². The van der Waals surface area contributed by atoms with Crippen LogP contribution in [0.5, 0.6) is 0 Å². The highest BCUT2D eigenvalue weighted by Gasteiger charge is 2.33. The van der Waals surface area contributed by atoms with E-state index in [2.05, 4.69) is 19.6 Å². The number of carbonyl (C=O) groups excluding carboxylic acids is 1. The quantitative estimate of drug-likeness (QED) is 0.485. The first-order valence-corrected chi connectivity index (χ1v) is 6.45. The van der Waals surface area contributed by atoms with Crippen LogP contribution in [-0.4, -0.2) is 17.3 Å². The Kier molecular flexibility index (Phi) is 8.16. The van der Waals surface area contributed by atoms with Crippen molar-refractivity contribution in [1.29, 1.82) is 0 Å². The second-order valence-corrected chi connectivity index (χ2v) is 4.32. The highest BCUT2D eigenvalue weighted by molar-refractivity contribution is 7.96. The third-order valence-electron chi connectivity index (χ3n) is 2.91. The summed E-state index contributed by atoms with van der Waals surface area (Å²) in [6, 6.07) is 0. The Balaban J connectivity index is 3.91. The number of carbonyl (C=O) groups is 1. The third kappa shape index (κ3) is 5.03. The van der Waals surface area contributed by atoms with E-state index in [0.29, 0.717) is 19.4 Å². The first-order valence-electron chi connectivity index (χ1n) is 6.00. The summed E-state index contributed by atoms with van der Waals surface area (Å²) in [6.07, 6.45) is 6.10. The van der Waals surface area contributed by atoms with E-state index in [9.17, 15) is 4.79 Å². The summed E-state index contributed by atoms with van der Waals surface area (Å²) < 4.78 is 5.71. The molecule has 90 valence electrons. The molecule has 3 heteroatoms. The molecule has 0 radical (unpaired) electrons. The van der Waals surface area contributed by atoms with Crippen LogP contribution in [0.1, 0.15) is 59.3 Å². The van der Waals surface area contributed by atoms with Gasteiger partial charge in [-0.1, -0.05) is 40.0 Å². The number of hydrogen-bond acceptors (Lipinski definition) is 2. The molecular formula is C12H24O2S. The minimum atomic E-state index is -0.644. The highest BCUT2D eigenvalue weighted by atomic mass is 32.1. The van der Waals surface area contributed by atoms with E-state index in [0.717, 1.165) is 6.42 Å². The Morgan fingerprint density at radius 1 is 1.13 bits per heavy atom. The molecule has 0 spiro atoms. The highest BCUT2D eigenvalue weighted by Crippen LogP contribution is 2.24. The lowest BCUT2D eigenvalue weighted by Gasteiger charge is -2.28. The van der Waals surface area contributed by atoms with Gasteiger partial charge in [-0.25, -0.2) is 0 Å². The van der Waals surface area contributed by atoms with Crippen molar-refractivity contribution in [2.24, 2.45) is 0 Å². The smallest absolute Gasteiger partial charge is 0.217 e. The lowest BCUT2D eigenvalue weighted by Crippen LogP contribution is -2.38. The molecule has 0 aliphatic rings.